The maximum atomic E-state index is 4.57. The summed E-state index contributed by atoms with van der Waals surface area (Å²) in [5.74, 6) is 0. The Bertz CT molecular complexity index is 845. The van der Waals surface area contributed by atoms with Crippen molar-refractivity contribution in [2.75, 3.05) is 0 Å². The summed E-state index contributed by atoms with van der Waals surface area (Å²) < 4.78 is 2.20. The lowest BCUT2D eigenvalue weighted by atomic mass is 10.4. The van der Waals surface area contributed by atoms with Crippen molar-refractivity contribution in [3.05, 3.63) is 91.3 Å². The number of nitrogens with zero attached hydrogens (tertiary/aromatic N) is 2. The van der Waals surface area contributed by atoms with Gasteiger partial charge in [0.05, 0.1) is 11.6 Å². The van der Waals surface area contributed by atoms with Gasteiger partial charge in [0, 0.05) is 14.1 Å². The van der Waals surface area contributed by atoms with Crippen LogP contribution < -0.4 is 16.0 Å². The van der Waals surface area contributed by atoms with Gasteiger partial charge < -0.3 is 0 Å². The fraction of sp³-hybridized carbons (Fsp3) is 0. The molecule has 0 atom stereocenters. The van der Waals surface area contributed by atoms with Crippen LogP contribution in [-0.4, -0.2) is 9.38 Å². The Morgan fingerprint density at radius 2 is 1.27 bits per heavy atom. The average molecular weight is 302 g/mol. The van der Waals surface area contributed by atoms with Crippen molar-refractivity contribution in [3.8, 4) is 0 Å². The normalized spacial score (nSPS) is 11.1. The molecule has 0 aliphatic heterocycles. The number of hydrogen-bond donors (Lipinski definition) is 0. The molecule has 0 bridgehead atoms. The highest BCUT2D eigenvalue weighted by Gasteiger charge is 2.19. The van der Waals surface area contributed by atoms with E-state index in [1.54, 1.807) is 0 Å². The molecule has 3 heteroatoms. The van der Waals surface area contributed by atoms with Crippen molar-refractivity contribution in [2.24, 2.45) is 0 Å². The van der Waals surface area contributed by atoms with Gasteiger partial charge in [-0.05, 0) is 22.7 Å². The maximum absolute atomic E-state index is 4.57. The minimum atomic E-state index is -0.608. The molecule has 4 aromatic rings. The largest absolute Gasteiger partial charge is 0.299 e. The van der Waals surface area contributed by atoms with Gasteiger partial charge in [-0.3, -0.25) is 4.40 Å². The van der Waals surface area contributed by atoms with Gasteiger partial charge in [-0.15, -0.1) is 0 Å². The Labute approximate surface area is 130 Å². The zero-order valence-corrected chi connectivity index (χ0v) is 12.9. The van der Waals surface area contributed by atoms with Crippen LogP contribution in [0.4, 0.5) is 0 Å². The standard InChI is InChI=1S/C19H15N2P/c1-3-9-16(10-4-1)22(17-11-5-2-6-12-17)19-15-20-18-13-7-8-14-21(18)19/h1-15H. The molecular formula is C19H15N2P. The molecule has 22 heavy (non-hydrogen) atoms. The second kappa shape index (κ2) is 5.75. The zero-order chi connectivity index (χ0) is 14.8. The molecule has 2 aromatic carbocycles. The average Bonchev–Trinajstić information content (AvgIpc) is 3.01. The highest BCUT2D eigenvalue weighted by atomic mass is 31.1. The number of imidazole rings is 1. The first kappa shape index (κ1) is 13.2. The minimum absolute atomic E-state index is 0.608. The number of hydrogen-bond acceptors (Lipinski definition) is 1. The number of rotatable bonds is 3. The van der Waals surface area contributed by atoms with E-state index >= 15 is 0 Å². The van der Waals surface area contributed by atoms with Gasteiger partial charge in [0.1, 0.15) is 5.65 Å². The summed E-state index contributed by atoms with van der Waals surface area (Å²) in [5.41, 5.74) is 2.25. The fourth-order valence-corrected chi connectivity index (χ4v) is 4.98. The molecule has 2 nitrogen and oxygen atoms in total. The van der Waals surface area contributed by atoms with Crippen LogP contribution in [0.25, 0.3) is 5.65 Å². The van der Waals surface area contributed by atoms with Crippen molar-refractivity contribution >= 4 is 29.6 Å². The summed E-state index contributed by atoms with van der Waals surface area (Å²) in [6.45, 7) is 0. The van der Waals surface area contributed by atoms with Crippen LogP contribution in [0.3, 0.4) is 0 Å². The second-order valence-corrected chi connectivity index (χ2v) is 7.21. The third-order valence-corrected chi connectivity index (χ3v) is 6.07. The summed E-state index contributed by atoms with van der Waals surface area (Å²) in [7, 11) is -0.608. The number of fused-ring (bicyclic) bond motifs is 1. The lowest BCUT2D eigenvalue weighted by molar-refractivity contribution is 1.22. The van der Waals surface area contributed by atoms with Crippen molar-refractivity contribution in [1.82, 2.24) is 9.38 Å². The minimum Gasteiger partial charge on any atom is -0.299 e. The van der Waals surface area contributed by atoms with Crippen LogP contribution in [0.15, 0.2) is 91.3 Å². The van der Waals surface area contributed by atoms with E-state index in [9.17, 15) is 0 Å². The van der Waals surface area contributed by atoms with Crippen LogP contribution in [0, 0.1) is 0 Å². The first-order valence-electron chi connectivity index (χ1n) is 7.26. The predicted molar refractivity (Wildman–Crippen MR) is 93.9 cm³/mol. The predicted octanol–water partition coefficient (Wildman–Crippen LogP) is 3.09. The van der Waals surface area contributed by atoms with Crippen LogP contribution in [0.1, 0.15) is 0 Å². The molecule has 4 rings (SSSR count). The van der Waals surface area contributed by atoms with E-state index in [4.69, 9.17) is 0 Å². The van der Waals surface area contributed by atoms with E-state index in [-0.39, 0.29) is 0 Å². The summed E-state index contributed by atoms with van der Waals surface area (Å²) in [6, 6.07) is 27.5. The van der Waals surface area contributed by atoms with Crippen molar-refractivity contribution in [3.63, 3.8) is 0 Å². The molecule has 2 aromatic heterocycles. The first-order chi connectivity index (χ1) is 10.9. The van der Waals surface area contributed by atoms with Crippen molar-refractivity contribution in [2.45, 2.75) is 0 Å². The Morgan fingerprint density at radius 3 is 1.91 bits per heavy atom. The SMILES string of the molecule is c1ccc(P(c2ccccc2)c2cnc3ccccn23)cc1. The van der Waals surface area contributed by atoms with Gasteiger partial charge in [-0.25, -0.2) is 4.98 Å². The van der Waals surface area contributed by atoms with E-state index < -0.39 is 7.92 Å². The number of benzene rings is 2. The van der Waals surface area contributed by atoms with E-state index in [0.29, 0.717) is 0 Å². The highest BCUT2D eigenvalue weighted by Crippen LogP contribution is 2.32. The lowest BCUT2D eigenvalue weighted by Gasteiger charge is -2.18. The third-order valence-electron chi connectivity index (χ3n) is 3.66. The van der Waals surface area contributed by atoms with E-state index in [1.807, 2.05) is 18.3 Å². The quantitative estimate of drug-likeness (QED) is 0.532. The molecule has 0 spiro atoms. The molecule has 0 unspecified atom stereocenters. The summed E-state index contributed by atoms with van der Waals surface area (Å²) in [6.07, 6.45) is 4.11. The zero-order valence-electron chi connectivity index (χ0n) is 12.0. The molecule has 0 radical (unpaired) electrons. The molecule has 106 valence electrons. The molecule has 0 saturated heterocycles. The molecule has 0 N–H and O–H groups in total. The smallest absolute Gasteiger partial charge is 0.137 e. The van der Waals surface area contributed by atoms with E-state index in [1.165, 1.54) is 16.0 Å². The third kappa shape index (κ3) is 2.32. The van der Waals surface area contributed by atoms with Gasteiger partial charge in [-0.2, -0.15) is 0 Å². The second-order valence-electron chi connectivity index (χ2n) is 5.05. The molecule has 0 amide bonds. The molecular weight excluding hydrogens is 287 g/mol. The van der Waals surface area contributed by atoms with Gasteiger partial charge in [0.15, 0.2) is 0 Å². The van der Waals surface area contributed by atoms with E-state index in [0.717, 1.165) is 5.65 Å². The van der Waals surface area contributed by atoms with Crippen LogP contribution in [-0.2, 0) is 0 Å². The van der Waals surface area contributed by atoms with Crippen LogP contribution in [0.5, 0.6) is 0 Å². The lowest BCUT2D eigenvalue weighted by Crippen LogP contribution is -2.23. The Hall–Kier alpha value is -2.44. The number of aromatic nitrogens is 2. The van der Waals surface area contributed by atoms with Gasteiger partial charge in [-0.1, -0.05) is 66.7 Å². The monoisotopic (exact) mass is 302 g/mol. The van der Waals surface area contributed by atoms with Crippen molar-refractivity contribution < 1.29 is 0 Å². The molecule has 2 heterocycles. The van der Waals surface area contributed by atoms with Gasteiger partial charge in [0.25, 0.3) is 0 Å². The summed E-state index contributed by atoms with van der Waals surface area (Å²) in [5, 5.41) is 2.68. The van der Waals surface area contributed by atoms with Crippen LogP contribution >= 0.6 is 7.92 Å². The molecule has 0 fully saturated rings. The fourth-order valence-electron chi connectivity index (χ4n) is 2.65. The summed E-state index contributed by atoms with van der Waals surface area (Å²) in [4.78, 5) is 4.57. The summed E-state index contributed by atoms with van der Waals surface area (Å²) >= 11 is 0. The number of pyridine rings is 1. The molecule has 0 aliphatic rings. The molecule has 0 saturated carbocycles. The topological polar surface area (TPSA) is 17.3 Å². The van der Waals surface area contributed by atoms with Gasteiger partial charge >= 0.3 is 0 Å². The Morgan fingerprint density at radius 1 is 0.682 bits per heavy atom. The Balaban J connectivity index is 1.95. The highest BCUT2D eigenvalue weighted by molar-refractivity contribution is 7.79. The van der Waals surface area contributed by atoms with E-state index in [2.05, 4.69) is 82.3 Å². The van der Waals surface area contributed by atoms with Crippen molar-refractivity contribution in [1.29, 1.82) is 0 Å². The van der Waals surface area contributed by atoms with Gasteiger partial charge in [0.2, 0.25) is 0 Å². The Kier molecular flexibility index (Phi) is 3.46. The first-order valence-corrected chi connectivity index (χ1v) is 8.60. The maximum Gasteiger partial charge on any atom is 0.137 e. The van der Waals surface area contributed by atoms with Crippen LogP contribution in [0.2, 0.25) is 0 Å². The molecule has 0 aliphatic carbocycles.